The molecule has 2 rings (SSSR count). The van der Waals surface area contributed by atoms with E-state index in [4.69, 9.17) is 4.74 Å². The van der Waals surface area contributed by atoms with Gasteiger partial charge >= 0.3 is 0 Å². The summed E-state index contributed by atoms with van der Waals surface area (Å²) in [6, 6.07) is 6.73. The second-order valence-corrected chi connectivity index (χ2v) is 4.14. The second-order valence-electron chi connectivity index (χ2n) is 4.14. The average Bonchev–Trinajstić information content (AvgIpc) is 2.45. The molecule has 0 bridgehead atoms. The standard InChI is InChI=1S/C14H9F2NO4/c15-11-4-9(5-12(6-11)17(19)20)8-21-14-10(7-18)2-1-3-13(14)16/h1-7H,8H2. The number of nitro benzene ring substituents is 1. The largest absolute Gasteiger partial charge is 0.485 e. The lowest BCUT2D eigenvalue weighted by Gasteiger charge is -2.09. The maximum Gasteiger partial charge on any atom is 0.272 e. The highest BCUT2D eigenvalue weighted by molar-refractivity contribution is 5.79. The molecule has 5 nitrogen and oxygen atoms in total. The summed E-state index contributed by atoms with van der Waals surface area (Å²) in [6.07, 6.45) is 0.423. The fourth-order valence-corrected chi connectivity index (χ4v) is 1.75. The van der Waals surface area contributed by atoms with E-state index in [-0.39, 0.29) is 23.5 Å². The number of rotatable bonds is 5. The van der Waals surface area contributed by atoms with Crippen LogP contribution in [0, 0.1) is 21.7 Å². The maximum absolute atomic E-state index is 13.6. The van der Waals surface area contributed by atoms with E-state index in [1.54, 1.807) is 0 Å². The van der Waals surface area contributed by atoms with Crippen molar-refractivity contribution in [3.05, 3.63) is 69.3 Å². The van der Waals surface area contributed by atoms with Crippen molar-refractivity contribution in [3.8, 4) is 5.75 Å². The Bertz CT molecular complexity index is 703. The molecule has 0 unspecified atom stereocenters. The number of ether oxygens (including phenoxy) is 1. The normalized spacial score (nSPS) is 10.2. The molecule has 0 heterocycles. The molecule has 21 heavy (non-hydrogen) atoms. The summed E-state index contributed by atoms with van der Waals surface area (Å²) in [6.45, 7) is -0.305. The zero-order chi connectivity index (χ0) is 15.4. The van der Waals surface area contributed by atoms with Crippen molar-refractivity contribution in [3.63, 3.8) is 0 Å². The van der Waals surface area contributed by atoms with Crippen LogP contribution in [0.1, 0.15) is 15.9 Å². The number of carbonyl (C=O) groups excluding carboxylic acids is 1. The van der Waals surface area contributed by atoms with Crippen LogP contribution < -0.4 is 4.74 Å². The Morgan fingerprint density at radius 2 is 2.00 bits per heavy atom. The third-order valence-corrected chi connectivity index (χ3v) is 2.66. The number of carbonyl (C=O) groups is 1. The molecule has 2 aromatic carbocycles. The van der Waals surface area contributed by atoms with Gasteiger partial charge in [-0.15, -0.1) is 0 Å². The summed E-state index contributed by atoms with van der Waals surface area (Å²) in [5.74, 6) is -1.82. The highest BCUT2D eigenvalue weighted by atomic mass is 19.1. The van der Waals surface area contributed by atoms with Gasteiger partial charge in [0.15, 0.2) is 17.9 Å². The van der Waals surface area contributed by atoms with Gasteiger partial charge in [0.2, 0.25) is 0 Å². The van der Waals surface area contributed by atoms with Gasteiger partial charge in [-0.2, -0.15) is 0 Å². The number of non-ortho nitro benzene ring substituents is 1. The molecule has 0 aliphatic heterocycles. The first-order valence-corrected chi connectivity index (χ1v) is 5.81. The zero-order valence-corrected chi connectivity index (χ0v) is 10.6. The second kappa shape index (κ2) is 6.08. The van der Waals surface area contributed by atoms with Crippen LogP contribution in [0.2, 0.25) is 0 Å². The van der Waals surface area contributed by atoms with Crippen molar-refractivity contribution >= 4 is 12.0 Å². The Morgan fingerprint density at radius 3 is 2.67 bits per heavy atom. The van der Waals surface area contributed by atoms with E-state index in [9.17, 15) is 23.7 Å². The molecular formula is C14H9F2NO4. The minimum atomic E-state index is -0.799. The molecule has 0 aliphatic carbocycles. The van der Waals surface area contributed by atoms with Crippen molar-refractivity contribution in [2.75, 3.05) is 0 Å². The Labute approximate surface area is 117 Å². The molecular weight excluding hydrogens is 284 g/mol. The Kier molecular flexibility index (Phi) is 4.22. The van der Waals surface area contributed by atoms with Crippen LogP contribution in [0.5, 0.6) is 5.75 Å². The predicted molar refractivity (Wildman–Crippen MR) is 69.2 cm³/mol. The van der Waals surface area contributed by atoms with Gasteiger partial charge in [-0.1, -0.05) is 6.07 Å². The fraction of sp³-hybridized carbons (Fsp3) is 0.0714. The Hall–Kier alpha value is -2.83. The monoisotopic (exact) mass is 293 g/mol. The van der Waals surface area contributed by atoms with Gasteiger partial charge in [-0.05, 0) is 23.8 Å². The molecule has 0 atom stereocenters. The first kappa shape index (κ1) is 14.6. The van der Waals surface area contributed by atoms with Crippen LogP contribution in [-0.2, 0) is 6.61 Å². The molecule has 7 heteroatoms. The lowest BCUT2D eigenvalue weighted by molar-refractivity contribution is -0.385. The third-order valence-electron chi connectivity index (χ3n) is 2.66. The van der Waals surface area contributed by atoms with Gasteiger partial charge in [0, 0.05) is 6.07 Å². The van der Waals surface area contributed by atoms with Gasteiger partial charge in [0.05, 0.1) is 16.6 Å². The maximum atomic E-state index is 13.6. The van der Waals surface area contributed by atoms with Gasteiger partial charge < -0.3 is 4.74 Å². The summed E-state index contributed by atoms with van der Waals surface area (Å²) in [7, 11) is 0. The lowest BCUT2D eigenvalue weighted by atomic mass is 10.2. The predicted octanol–water partition coefficient (Wildman–Crippen LogP) is 3.26. The van der Waals surface area contributed by atoms with Crippen LogP contribution in [0.4, 0.5) is 14.5 Å². The molecule has 0 saturated carbocycles. The zero-order valence-electron chi connectivity index (χ0n) is 10.6. The molecule has 0 saturated heterocycles. The van der Waals surface area contributed by atoms with E-state index in [0.717, 1.165) is 24.3 Å². The smallest absolute Gasteiger partial charge is 0.272 e. The topological polar surface area (TPSA) is 69.4 Å². The van der Waals surface area contributed by atoms with Crippen LogP contribution in [0.25, 0.3) is 0 Å². The highest BCUT2D eigenvalue weighted by Gasteiger charge is 2.13. The summed E-state index contributed by atoms with van der Waals surface area (Å²) in [5, 5.41) is 10.6. The SMILES string of the molecule is O=Cc1cccc(F)c1OCc1cc(F)cc([N+](=O)[O-])c1. The molecule has 0 N–H and O–H groups in total. The van der Waals surface area contributed by atoms with Crippen molar-refractivity contribution in [1.82, 2.24) is 0 Å². The van der Waals surface area contributed by atoms with E-state index in [1.165, 1.54) is 12.1 Å². The van der Waals surface area contributed by atoms with Gasteiger partial charge in [0.1, 0.15) is 12.4 Å². The average molecular weight is 293 g/mol. The minimum absolute atomic E-state index is 0.000836. The van der Waals surface area contributed by atoms with E-state index >= 15 is 0 Å². The molecule has 0 aliphatic rings. The number of para-hydroxylation sites is 1. The van der Waals surface area contributed by atoms with Crippen LogP contribution in [0.15, 0.2) is 36.4 Å². The summed E-state index contributed by atoms with van der Waals surface area (Å²) < 4.78 is 31.9. The Balaban J connectivity index is 2.25. The molecule has 0 aromatic heterocycles. The summed E-state index contributed by atoms with van der Waals surface area (Å²) in [4.78, 5) is 20.7. The molecule has 0 amide bonds. The number of hydrogen-bond donors (Lipinski definition) is 0. The van der Waals surface area contributed by atoms with E-state index in [0.29, 0.717) is 6.29 Å². The van der Waals surface area contributed by atoms with Gasteiger partial charge in [-0.25, -0.2) is 8.78 Å². The molecule has 0 fully saturated rings. The number of benzene rings is 2. The van der Waals surface area contributed by atoms with Crippen LogP contribution in [0.3, 0.4) is 0 Å². The van der Waals surface area contributed by atoms with Crippen LogP contribution >= 0.6 is 0 Å². The lowest BCUT2D eigenvalue weighted by Crippen LogP contribution is -2.02. The minimum Gasteiger partial charge on any atom is -0.485 e. The first-order valence-electron chi connectivity index (χ1n) is 5.81. The van der Waals surface area contributed by atoms with Crippen molar-refractivity contribution < 1.29 is 23.2 Å². The number of halogens is 2. The highest BCUT2D eigenvalue weighted by Crippen LogP contribution is 2.23. The van der Waals surface area contributed by atoms with Gasteiger partial charge in [-0.3, -0.25) is 14.9 Å². The van der Waals surface area contributed by atoms with Crippen molar-refractivity contribution in [1.29, 1.82) is 0 Å². The van der Waals surface area contributed by atoms with E-state index < -0.39 is 22.2 Å². The third kappa shape index (κ3) is 3.38. The molecule has 2 aromatic rings. The van der Waals surface area contributed by atoms with Gasteiger partial charge in [0.25, 0.3) is 5.69 Å². The number of nitrogens with zero attached hydrogens (tertiary/aromatic N) is 1. The molecule has 0 radical (unpaired) electrons. The van der Waals surface area contributed by atoms with E-state index in [1.807, 2.05) is 0 Å². The fourth-order valence-electron chi connectivity index (χ4n) is 1.75. The molecule has 0 spiro atoms. The van der Waals surface area contributed by atoms with E-state index in [2.05, 4.69) is 0 Å². The molecule has 108 valence electrons. The number of aldehydes is 1. The number of hydrogen-bond acceptors (Lipinski definition) is 4. The summed E-state index contributed by atoms with van der Waals surface area (Å²) in [5.41, 5.74) is -0.277. The van der Waals surface area contributed by atoms with Crippen molar-refractivity contribution in [2.45, 2.75) is 6.61 Å². The van der Waals surface area contributed by atoms with Crippen LogP contribution in [-0.4, -0.2) is 11.2 Å². The summed E-state index contributed by atoms with van der Waals surface area (Å²) >= 11 is 0. The number of nitro groups is 1. The first-order chi connectivity index (χ1) is 10.0. The quantitative estimate of drug-likeness (QED) is 0.482. The Morgan fingerprint density at radius 1 is 1.24 bits per heavy atom. The van der Waals surface area contributed by atoms with Crippen molar-refractivity contribution in [2.24, 2.45) is 0 Å².